The van der Waals surface area contributed by atoms with Crippen LogP contribution in [0.4, 0.5) is 0 Å². The molecule has 4 heteroatoms. The Kier molecular flexibility index (Phi) is 4.05. The second-order valence-electron chi connectivity index (χ2n) is 4.44. The van der Waals surface area contributed by atoms with Crippen LogP contribution in [0.15, 0.2) is 22.7 Å². The summed E-state index contributed by atoms with van der Waals surface area (Å²) in [5.74, 6) is 0.928. The summed E-state index contributed by atoms with van der Waals surface area (Å²) in [5.41, 5.74) is 6.15. The Morgan fingerprint density at radius 1 is 1.29 bits per heavy atom. The molecule has 0 amide bonds. The zero-order valence-electron chi connectivity index (χ0n) is 9.71. The lowest BCUT2D eigenvalue weighted by Gasteiger charge is -2.23. The van der Waals surface area contributed by atoms with Gasteiger partial charge in [-0.1, -0.05) is 6.42 Å². The lowest BCUT2D eigenvalue weighted by Crippen LogP contribution is -2.20. The van der Waals surface area contributed by atoms with Crippen molar-refractivity contribution in [3.05, 3.63) is 28.2 Å². The van der Waals surface area contributed by atoms with Crippen molar-refractivity contribution in [2.75, 3.05) is 0 Å². The summed E-state index contributed by atoms with van der Waals surface area (Å²) in [6, 6.07) is 5.54. The van der Waals surface area contributed by atoms with Gasteiger partial charge in [-0.2, -0.15) is 0 Å². The average Bonchev–Trinajstić information content (AvgIpc) is 2.33. The molecule has 0 aliphatic heterocycles. The highest BCUT2D eigenvalue weighted by molar-refractivity contribution is 9.10. The molecule has 0 spiro atoms. The summed E-state index contributed by atoms with van der Waals surface area (Å²) in [6.07, 6.45) is 6.46. The van der Waals surface area contributed by atoms with E-state index in [1.165, 1.54) is 19.3 Å². The third-order valence-electron chi connectivity index (χ3n) is 3.09. The van der Waals surface area contributed by atoms with E-state index in [9.17, 15) is 0 Å². The van der Waals surface area contributed by atoms with Gasteiger partial charge in [-0.15, -0.1) is 0 Å². The molecule has 0 unspecified atom stereocenters. The number of nitrogens with two attached hydrogens (primary N) is 1. The molecule has 1 aromatic carbocycles. The number of benzene rings is 1. The highest BCUT2D eigenvalue weighted by Crippen LogP contribution is 2.30. The van der Waals surface area contributed by atoms with Crippen molar-refractivity contribution in [2.45, 2.75) is 38.2 Å². The second-order valence-corrected chi connectivity index (χ2v) is 5.29. The summed E-state index contributed by atoms with van der Waals surface area (Å²) in [4.78, 5) is 0. The topological polar surface area (TPSA) is 59.1 Å². The molecule has 2 rings (SSSR count). The maximum Gasteiger partial charge on any atom is 0.133 e. The molecule has 3 N–H and O–H groups in total. The Labute approximate surface area is 110 Å². The van der Waals surface area contributed by atoms with Crippen LogP contribution in [-0.2, 0) is 0 Å². The van der Waals surface area contributed by atoms with E-state index in [1.807, 2.05) is 18.2 Å². The van der Waals surface area contributed by atoms with Gasteiger partial charge in [-0.25, -0.2) is 0 Å². The molecule has 1 fully saturated rings. The van der Waals surface area contributed by atoms with E-state index in [0.717, 1.165) is 23.1 Å². The van der Waals surface area contributed by atoms with Crippen LogP contribution in [0.1, 0.15) is 37.7 Å². The Morgan fingerprint density at radius 2 is 2.00 bits per heavy atom. The minimum absolute atomic E-state index is 0.0786. The molecule has 3 nitrogen and oxygen atoms in total. The zero-order valence-corrected chi connectivity index (χ0v) is 11.3. The van der Waals surface area contributed by atoms with Gasteiger partial charge >= 0.3 is 0 Å². The number of ether oxygens (including phenoxy) is 1. The summed E-state index contributed by atoms with van der Waals surface area (Å²) >= 11 is 3.47. The van der Waals surface area contributed by atoms with E-state index in [0.29, 0.717) is 11.7 Å². The molecule has 1 saturated carbocycles. The molecule has 0 bridgehead atoms. The molecule has 0 aromatic heterocycles. The molecule has 0 atom stereocenters. The number of halogens is 1. The molecule has 17 heavy (non-hydrogen) atoms. The first-order valence-corrected chi connectivity index (χ1v) is 6.77. The second kappa shape index (κ2) is 5.54. The predicted molar refractivity (Wildman–Crippen MR) is 72.7 cm³/mol. The van der Waals surface area contributed by atoms with Crippen LogP contribution in [0.3, 0.4) is 0 Å². The summed E-state index contributed by atoms with van der Waals surface area (Å²) in [6.45, 7) is 0. The van der Waals surface area contributed by atoms with Crippen LogP contribution in [0.2, 0.25) is 0 Å². The van der Waals surface area contributed by atoms with Crippen LogP contribution < -0.4 is 10.5 Å². The molecule has 0 heterocycles. The van der Waals surface area contributed by atoms with Gasteiger partial charge in [0.15, 0.2) is 0 Å². The first-order chi connectivity index (χ1) is 8.16. The van der Waals surface area contributed by atoms with Crippen molar-refractivity contribution < 1.29 is 4.74 Å². The highest BCUT2D eigenvalue weighted by Gasteiger charge is 2.16. The van der Waals surface area contributed by atoms with E-state index < -0.39 is 0 Å². The first-order valence-electron chi connectivity index (χ1n) is 5.97. The third-order valence-corrected chi connectivity index (χ3v) is 3.71. The van der Waals surface area contributed by atoms with Gasteiger partial charge in [0.2, 0.25) is 0 Å². The van der Waals surface area contributed by atoms with Crippen LogP contribution in [0.5, 0.6) is 5.75 Å². The van der Waals surface area contributed by atoms with Crippen molar-refractivity contribution in [3.8, 4) is 5.75 Å². The van der Waals surface area contributed by atoms with Crippen molar-refractivity contribution in [3.63, 3.8) is 0 Å². The van der Waals surface area contributed by atoms with Gasteiger partial charge in [0, 0.05) is 5.56 Å². The van der Waals surface area contributed by atoms with Crippen LogP contribution in [0, 0.1) is 5.41 Å². The molecule has 0 saturated heterocycles. The van der Waals surface area contributed by atoms with E-state index in [-0.39, 0.29) is 5.84 Å². The van der Waals surface area contributed by atoms with Crippen molar-refractivity contribution in [1.29, 1.82) is 5.41 Å². The van der Waals surface area contributed by atoms with Gasteiger partial charge < -0.3 is 10.5 Å². The largest absolute Gasteiger partial charge is 0.489 e. The molecule has 1 aromatic rings. The predicted octanol–water partition coefficient (Wildman–Crippen LogP) is 3.44. The standard InChI is InChI=1S/C13H17BrN2O/c14-11-8-9(13(15)16)6-7-12(11)17-10-4-2-1-3-5-10/h6-8,10H,1-5H2,(H3,15,16). The number of rotatable bonds is 3. The molecule has 1 aliphatic carbocycles. The van der Waals surface area contributed by atoms with Gasteiger partial charge in [-0.05, 0) is 59.8 Å². The van der Waals surface area contributed by atoms with E-state index >= 15 is 0 Å². The average molecular weight is 297 g/mol. The monoisotopic (exact) mass is 296 g/mol. The number of amidine groups is 1. The minimum atomic E-state index is 0.0786. The normalized spacial score (nSPS) is 16.8. The molecule has 0 radical (unpaired) electrons. The lowest BCUT2D eigenvalue weighted by atomic mass is 9.98. The van der Waals surface area contributed by atoms with E-state index in [4.69, 9.17) is 15.9 Å². The molecule has 1 aliphatic rings. The number of hydrogen-bond acceptors (Lipinski definition) is 2. The number of nitrogen functional groups attached to an aromatic ring is 1. The number of nitrogens with one attached hydrogen (secondary N) is 1. The fourth-order valence-electron chi connectivity index (χ4n) is 2.13. The molecular formula is C13H17BrN2O. The van der Waals surface area contributed by atoms with Gasteiger partial charge in [0.1, 0.15) is 11.6 Å². The van der Waals surface area contributed by atoms with Gasteiger partial charge in [-0.3, -0.25) is 5.41 Å². The van der Waals surface area contributed by atoms with E-state index in [2.05, 4.69) is 15.9 Å². The fourth-order valence-corrected chi connectivity index (χ4v) is 2.60. The van der Waals surface area contributed by atoms with Crippen molar-refractivity contribution in [2.24, 2.45) is 5.73 Å². The quantitative estimate of drug-likeness (QED) is 0.663. The van der Waals surface area contributed by atoms with Gasteiger partial charge in [0.25, 0.3) is 0 Å². The van der Waals surface area contributed by atoms with Crippen LogP contribution in [0.25, 0.3) is 0 Å². The lowest BCUT2D eigenvalue weighted by molar-refractivity contribution is 0.154. The van der Waals surface area contributed by atoms with Crippen LogP contribution in [-0.4, -0.2) is 11.9 Å². The van der Waals surface area contributed by atoms with Gasteiger partial charge in [0.05, 0.1) is 10.6 Å². The summed E-state index contributed by atoms with van der Waals surface area (Å²) in [5, 5.41) is 7.37. The number of hydrogen-bond donors (Lipinski definition) is 2. The summed E-state index contributed by atoms with van der Waals surface area (Å²) < 4.78 is 6.83. The summed E-state index contributed by atoms with van der Waals surface area (Å²) in [7, 11) is 0. The SMILES string of the molecule is N=C(N)c1ccc(OC2CCCCC2)c(Br)c1. The van der Waals surface area contributed by atoms with Crippen LogP contribution >= 0.6 is 15.9 Å². The minimum Gasteiger partial charge on any atom is -0.489 e. The first kappa shape index (κ1) is 12.4. The Bertz CT molecular complexity index is 414. The molecular weight excluding hydrogens is 280 g/mol. The third kappa shape index (κ3) is 3.22. The Balaban J connectivity index is 2.08. The Hall–Kier alpha value is -1.03. The maximum absolute atomic E-state index is 7.37. The smallest absolute Gasteiger partial charge is 0.133 e. The fraction of sp³-hybridized carbons (Fsp3) is 0.462. The highest BCUT2D eigenvalue weighted by atomic mass is 79.9. The van der Waals surface area contributed by atoms with Crippen molar-refractivity contribution >= 4 is 21.8 Å². The zero-order chi connectivity index (χ0) is 12.3. The van der Waals surface area contributed by atoms with Crippen molar-refractivity contribution in [1.82, 2.24) is 0 Å². The Morgan fingerprint density at radius 3 is 2.59 bits per heavy atom. The van der Waals surface area contributed by atoms with E-state index in [1.54, 1.807) is 0 Å². The molecule has 92 valence electrons. The maximum atomic E-state index is 7.37.